The maximum Gasteiger partial charge on any atom is 0.225 e. The zero-order chi connectivity index (χ0) is 21.8. The molecule has 5 rings (SSSR count). The van der Waals surface area contributed by atoms with Crippen molar-refractivity contribution in [1.29, 1.82) is 0 Å². The van der Waals surface area contributed by atoms with Crippen molar-refractivity contribution in [3.05, 3.63) is 58.1 Å². The summed E-state index contributed by atoms with van der Waals surface area (Å²) in [7, 11) is 0. The predicted molar refractivity (Wildman–Crippen MR) is 108 cm³/mol. The van der Waals surface area contributed by atoms with Gasteiger partial charge in [-0.25, -0.2) is 0 Å². The van der Waals surface area contributed by atoms with E-state index in [-0.39, 0.29) is 6.61 Å². The largest absolute Gasteiger partial charge is 0.486 e. The highest BCUT2D eigenvalue weighted by molar-refractivity contribution is 6.31. The minimum absolute atomic E-state index is 0.182. The Kier molecular flexibility index (Phi) is 5.14. The van der Waals surface area contributed by atoms with E-state index in [4.69, 9.17) is 30.5 Å². The van der Waals surface area contributed by atoms with E-state index in [0.29, 0.717) is 41.7 Å². The molecule has 3 heterocycles. The lowest BCUT2D eigenvalue weighted by atomic mass is 9.83. The number of rotatable bonds is 4. The fourth-order valence-corrected chi connectivity index (χ4v) is 4.60. The second-order valence-electron chi connectivity index (χ2n) is 8.12. The van der Waals surface area contributed by atoms with E-state index in [9.17, 15) is 20.4 Å². The van der Waals surface area contributed by atoms with Crippen molar-refractivity contribution in [2.45, 2.75) is 36.1 Å². The average Bonchev–Trinajstić information content (AvgIpc) is 3.18. The second kappa shape index (κ2) is 7.60. The van der Waals surface area contributed by atoms with Crippen molar-refractivity contribution in [3.63, 3.8) is 0 Å². The standard InChI is InChI=1S/C22H23ClO8/c23-15-3-2-14(22-20(27)18(25)19(26)21(10-24,31-22)11-30-22)9-13(15)7-12-1-4-16-17(8-12)29-6-5-28-16/h1-4,8-9,18-20,24-27H,5-7,10-11H2/t18-,19-,20+,21-,22-/m0/s1. The van der Waals surface area contributed by atoms with E-state index in [2.05, 4.69) is 0 Å². The van der Waals surface area contributed by atoms with Crippen LogP contribution in [0, 0.1) is 0 Å². The van der Waals surface area contributed by atoms with Gasteiger partial charge in [0.05, 0.1) is 13.2 Å². The highest BCUT2D eigenvalue weighted by atomic mass is 35.5. The predicted octanol–water partition coefficient (Wildman–Crippen LogP) is 0.729. The van der Waals surface area contributed by atoms with Crippen LogP contribution in [0.2, 0.25) is 5.02 Å². The first-order chi connectivity index (χ1) is 14.9. The molecule has 31 heavy (non-hydrogen) atoms. The third-order valence-electron chi connectivity index (χ3n) is 6.18. The van der Waals surface area contributed by atoms with Gasteiger partial charge in [0.25, 0.3) is 0 Å². The van der Waals surface area contributed by atoms with Crippen molar-refractivity contribution in [1.82, 2.24) is 0 Å². The van der Waals surface area contributed by atoms with Crippen molar-refractivity contribution in [2.75, 3.05) is 26.4 Å². The molecule has 166 valence electrons. The molecule has 0 spiro atoms. The quantitative estimate of drug-likeness (QED) is 0.538. The van der Waals surface area contributed by atoms with E-state index in [1.165, 1.54) is 0 Å². The minimum atomic E-state index is -1.73. The molecule has 0 aliphatic carbocycles. The van der Waals surface area contributed by atoms with Crippen LogP contribution in [0.5, 0.6) is 11.5 Å². The van der Waals surface area contributed by atoms with Gasteiger partial charge in [0, 0.05) is 10.6 Å². The second-order valence-corrected chi connectivity index (χ2v) is 8.53. The molecule has 9 heteroatoms. The summed E-state index contributed by atoms with van der Waals surface area (Å²) < 4.78 is 22.9. The molecule has 2 aromatic rings. The lowest BCUT2D eigenvalue weighted by Crippen LogP contribution is -2.65. The first kappa shape index (κ1) is 21.0. The molecule has 0 radical (unpaired) electrons. The number of ether oxygens (including phenoxy) is 4. The number of hydrogen-bond donors (Lipinski definition) is 4. The zero-order valence-electron chi connectivity index (χ0n) is 16.5. The summed E-state index contributed by atoms with van der Waals surface area (Å²) in [4.78, 5) is 0. The molecule has 0 unspecified atom stereocenters. The first-order valence-electron chi connectivity index (χ1n) is 10.1. The van der Waals surface area contributed by atoms with Gasteiger partial charge >= 0.3 is 0 Å². The van der Waals surface area contributed by atoms with Crippen LogP contribution in [0.1, 0.15) is 16.7 Å². The number of halogens is 1. The topological polar surface area (TPSA) is 118 Å². The fraction of sp³-hybridized carbons (Fsp3) is 0.455. The van der Waals surface area contributed by atoms with E-state index >= 15 is 0 Å². The lowest BCUT2D eigenvalue weighted by Gasteiger charge is -2.46. The van der Waals surface area contributed by atoms with E-state index < -0.39 is 36.3 Å². The summed E-state index contributed by atoms with van der Waals surface area (Å²) in [6.45, 7) is 0.249. The molecule has 0 saturated carbocycles. The Bertz CT molecular complexity index is 999. The van der Waals surface area contributed by atoms with Crippen LogP contribution < -0.4 is 9.47 Å². The van der Waals surface area contributed by atoms with Gasteiger partial charge in [-0.05, 0) is 41.8 Å². The van der Waals surface area contributed by atoms with Gasteiger partial charge in [0.15, 0.2) is 11.5 Å². The van der Waals surface area contributed by atoms with Crippen molar-refractivity contribution >= 4 is 11.6 Å². The monoisotopic (exact) mass is 450 g/mol. The van der Waals surface area contributed by atoms with Crippen LogP contribution in [0.25, 0.3) is 0 Å². The molecule has 3 aliphatic heterocycles. The molecule has 8 nitrogen and oxygen atoms in total. The molecule has 4 N–H and O–H groups in total. The van der Waals surface area contributed by atoms with E-state index in [1.807, 2.05) is 18.2 Å². The number of fused-ring (bicyclic) bond motifs is 3. The van der Waals surface area contributed by atoms with Gasteiger partial charge < -0.3 is 39.4 Å². The Balaban J connectivity index is 1.49. The molecule has 0 amide bonds. The van der Waals surface area contributed by atoms with Crippen LogP contribution >= 0.6 is 11.6 Å². The summed E-state index contributed by atoms with van der Waals surface area (Å²) in [5.74, 6) is -0.364. The number of benzene rings is 2. The van der Waals surface area contributed by atoms with Crippen molar-refractivity contribution in [3.8, 4) is 11.5 Å². The van der Waals surface area contributed by atoms with Gasteiger partial charge in [-0.3, -0.25) is 0 Å². The Morgan fingerprint density at radius 2 is 1.74 bits per heavy atom. The summed E-state index contributed by atoms with van der Waals surface area (Å²) in [6, 6.07) is 10.7. The average molecular weight is 451 g/mol. The van der Waals surface area contributed by atoms with Crippen LogP contribution in [0.3, 0.4) is 0 Å². The Morgan fingerprint density at radius 3 is 2.52 bits per heavy atom. The van der Waals surface area contributed by atoms with Crippen LogP contribution in [-0.4, -0.2) is 70.8 Å². The molecule has 2 saturated heterocycles. The normalized spacial score (nSPS) is 34.0. The summed E-state index contributed by atoms with van der Waals surface area (Å²) in [6.07, 6.45) is -4.15. The van der Waals surface area contributed by atoms with E-state index in [1.54, 1.807) is 18.2 Å². The lowest BCUT2D eigenvalue weighted by molar-refractivity contribution is -0.329. The third-order valence-corrected chi connectivity index (χ3v) is 6.55. The van der Waals surface area contributed by atoms with Crippen LogP contribution in [0.15, 0.2) is 36.4 Å². The fourth-order valence-electron chi connectivity index (χ4n) is 4.42. The van der Waals surface area contributed by atoms with Gasteiger partial charge in [-0.15, -0.1) is 0 Å². The molecular formula is C22H23ClO8. The summed E-state index contributed by atoms with van der Waals surface area (Å²) >= 11 is 6.44. The number of aliphatic hydroxyl groups is 4. The van der Waals surface area contributed by atoms with Gasteiger partial charge in [0.1, 0.15) is 37.1 Å². The molecule has 5 atom stereocenters. The van der Waals surface area contributed by atoms with Crippen molar-refractivity contribution in [2.24, 2.45) is 0 Å². The smallest absolute Gasteiger partial charge is 0.225 e. The zero-order valence-corrected chi connectivity index (χ0v) is 17.3. The molecule has 3 aliphatic rings. The Hall–Kier alpha value is -1.91. The molecule has 2 bridgehead atoms. The molecule has 0 aromatic heterocycles. The van der Waals surface area contributed by atoms with Crippen LogP contribution in [0.4, 0.5) is 0 Å². The maximum atomic E-state index is 10.7. The van der Waals surface area contributed by atoms with Crippen LogP contribution in [-0.2, 0) is 21.7 Å². The van der Waals surface area contributed by atoms with Crippen molar-refractivity contribution < 1.29 is 39.4 Å². The van der Waals surface area contributed by atoms with Gasteiger partial charge in [0.2, 0.25) is 5.79 Å². The highest BCUT2D eigenvalue weighted by Crippen LogP contribution is 2.49. The SMILES string of the molecule is OC[C@@]12CO[C@@](c3ccc(Cl)c(Cc4ccc5c(c4)OCCO5)c3)(O1)[C@H](O)[C@@H](O)[C@@H]2O. The Morgan fingerprint density at radius 1 is 0.968 bits per heavy atom. The molecule has 2 aromatic carbocycles. The van der Waals surface area contributed by atoms with Gasteiger partial charge in [-0.2, -0.15) is 0 Å². The number of hydrogen-bond acceptors (Lipinski definition) is 8. The third kappa shape index (κ3) is 3.22. The minimum Gasteiger partial charge on any atom is -0.486 e. The van der Waals surface area contributed by atoms with E-state index in [0.717, 1.165) is 11.1 Å². The number of aliphatic hydroxyl groups excluding tert-OH is 4. The maximum absolute atomic E-state index is 10.7. The summed E-state index contributed by atoms with van der Waals surface area (Å²) in [5, 5.41) is 41.7. The Labute approximate surface area is 183 Å². The van der Waals surface area contributed by atoms with Gasteiger partial charge in [-0.1, -0.05) is 23.7 Å². The molecular weight excluding hydrogens is 428 g/mol. The summed E-state index contributed by atoms with van der Waals surface area (Å²) in [5.41, 5.74) is 0.595. The first-order valence-corrected chi connectivity index (χ1v) is 10.4. The highest BCUT2D eigenvalue weighted by Gasteiger charge is 2.67. The molecule has 2 fully saturated rings.